The third-order valence-corrected chi connectivity index (χ3v) is 1.70. The van der Waals surface area contributed by atoms with Gasteiger partial charge in [-0.15, -0.1) is 0 Å². The van der Waals surface area contributed by atoms with Gasteiger partial charge in [-0.25, -0.2) is 8.78 Å². The summed E-state index contributed by atoms with van der Waals surface area (Å²) in [5.41, 5.74) is 15.9. The zero-order valence-corrected chi connectivity index (χ0v) is 6.80. The lowest BCUT2D eigenvalue weighted by molar-refractivity contribution is 0.152. The van der Waals surface area contributed by atoms with Crippen LogP contribution < -0.4 is 17.2 Å². The molecule has 0 amide bonds. The molecule has 72 valence electrons. The predicted molar refractivity (Wildman–Crippen MR) is 45.9 cm³/mol. The molecule has 0 bridgehead atoms. The van der Waals surface area contributed by atoms with E-state index in [2.05, 4.69) is 4.98 Å². The van der Waals surface area contributed by atoms with E-state index >= 15 is 0 Å². The van der Waals surface area contributed by atoms with Gasteiger partial charge in [-0.3, -0.25) is 4.98 Å². The number of anilines is 2. The van der Waals surface area contributed by atoms with Crippen LogP contribution in [0.1, 0.15) is 17.7 Å². The van der Waals surface area contributed by atoms with Crippen molar-refractivity contribution in [3.8, 4) is 0 Å². The maximum Gasteiger partial charge on any atom is 0.267 e. The molecule has 0 atom stereocenters. The third kappa shape index (κ3) is 1.67. The third-order valence-electron chi connectivity index (χ3n) is 1.70. The number of hydrogen-bond donors (Lipinski definition) is 3. The van der Waals surface area contributed by atoms with Gasteiger partial charge in [0.05, 0.1) is 22.6 Å². The number of rotatable bonds is 2. The molecule has 0 aliphatic carbocycles. The summed E-state index contributed by atoms with van der Waals surface area (Å²) < 4.78 is 24.5. The molecule has 0 aliphatic heterocycles. The van der Waals surface area contributed by atoms with Crippen LogP contribution in [0.4, 0.5) is 20.2 Å². The Bertz CT molecular complexity index is 314. The molecule has 6 N–H and O–H groups in total. The fourth-order valence-electron chi connectivity index (χ4n) is 0.934. The lowest BCUT2D eigenvalue weighted by Gasteiger charge is -2.09. The second-order valence-corrected chi connectivity index (χ2v) is 2.49. The first kappa shape index (κ1) is 9.66. The molecule has 6 heteroatoms. The topological polar surface area (TPSA) is 90.9 Å². The first-order valence-corrected chi connectivity index (χ1v) is 3.58. The van der Waals surface area contributed by atoms with Crippen molar-refractivity contribution in [2.75, 3.05) is 11.5 Å². The number of nitrogens with two attached hydrogens (primary N) is 3. The van der Waals surface area contributed by atoms with Crippen LogP contribution in [0.2, 0.25) is 0 Å². The van der Waals surface area contributed by atoms with Crippen molar-refractivity contribution in [2.45, 2.75) is 13.0 Å². The first-order chi connectivity index (χ1) is 6.07. The molecule has 0 saturated carbocycles. The summed E-state index contributed by atoms with van der Waals surface area (Å²) in [5.74, 6) is 0. The zero-order valence-electron chi connectivity index (χ0n) is 6.80. The van der Waals surface area contributed by atoms with E-state index in [-0.39, 0.29) is 23.5 Å². The van der Waals surface area contributed by atoms with Gasteiger partial charge in [-0.2, -0.15) is 0 Å². The van der Waals surface area contributed by atoms with Gasteiger partial charge >= 0.3 is 0 Å². The standard InChI is InChI=1S/C7H10F2N4/c8-7(9)3-2-13-4(1-10)6(12)5(3)11/h2,7H,1,10,12H2,(H2,11,13). The molecular formula is C7H10F2N4. The summed E-state index contributed by atoms with van der Waals surface area (Å²) in [4.78, 5) is 3.67. The minimum absolute atomic E-state index is 0.0419. The Morgan fingerprint density at radius 3 is 2.38 bits per heavy atom. The van der Waals surface area contributed by atoms with E-state index in [0.717, 1.165) is 6.20 Å². The molecule has 1 aromatic rings. The Morgan fingerprint density at radius 2 is 1.92 bits per heavy atom. The van der Waals surface area contributed by atoms with E-state index in [1.54, 1.807) is 0 Å². The number of nitrogens with zero attached hydrogens (tertiary/aromatic N) is 1. The number of hydrogen-bond acceptors (Lipinski definition) is 4. The van der Waals surface area contributed by atoms with Gasteiger partial charge in [0.25, 0.3) is 6.43 Å². The fraction of sp³-hybridized carbons (Fsp3) is 0.286. The van der Waals surface area contributed by atoms with E-state index in [1.165, 1.54) is 0 Å². The summed E-state index contributed by atoms with van der Waals surface area (Å²) in [7, 11) is 0. The molecule has 0 aromatic carbocycles. The monoisotopic (exact) mass is 188 g/mol. The molecule has 1 heterocycles. The Morgan fingerprint density at radius 1 is 1.31 bits per heavy atom. The summed E-state index contributed by atoms with van der Waals surface area (Å²) in [6, 6.07) is 0. The Hall–Kier alpha value is -1.43. The SMILES string of the molecule is NCc1ncc(C(F)F)c(N)c1N. The highest BCUT2D eigenvalue weighted by Crippen LogP contribution is 2.29. The van der Waals surface area contributed by atoms with Crippen LogP contribution in [-0.2, 0) is 6.54 Å². The van der Waals surface area contributed by atoms with E-state index in [0.29, 0.717) is 5.69 Å². The van der Waals surface area contributed by atoms with Crippen LogP contribution in [0.3, 0.4) is 0 Å². The highest BCUT2D eigenvalue weighted by molar-refractivity contribution is 5.69. The summed E-state index contributed by atoms with van der Waals surface area (Å²) >= 11 is 0. The van der Waals surface area contributed by atoms with Crippen LogP contribution in [-0.4, -0.2) is 4.98 Å². The molecule has 0 radical (unpaired) electrons. The Kier molecular flexibility index (Phi) is 2.62. The molecule has 0 saturated heterocycles. The zero-order chi connectivity index (χ0) is 10.0. The summed E-state index contributed by atoms with van der Waals surface area (Å²) in [6.07, 6.45) is -1.67. The number of pyridine rings is 1. The number of halogens is 2. The molecular weight excluding hydrogens is 178 g/mol. The van der Waals surface area contributed by atoms with Crippen molar-refractivity contribution in [3.05, 3.63) is 17.5 Å². The van der Waals surface area contributed by atoms with Gasteiger partial charge in [0, 0.05) is 12.7 Å². The summed E-state index contributed by atoms with van der Waals surface area (Å²) in [5, 5.41) is 0. The predicted octanol–water partition coefficient (Wildman–Crippen LogP) is 0.642. The molecule has 0 aliphatic rings. The fourth-order valence-corrected chi connectivity index (χ4v) is 0.934. The Labute approximate surface area is 73.7 Å². The van der Waals surface area contributed by atoms with Crippen LogP contribution in [0, 0.1) is 0 Å². The van der Waals surface area contributed by atoms with Crippen LogP contribution >= 0.6 is 0 Å². The van der Waals surface area contributed by atoms with Crippen molar-refractivity contribution in [1.29, 1.82) is 0 Å². The van der Waals surface area contributed by atoms with Gasteiger partial charge < -0.3 is 17.2 Å². The molecule has 0 unspecified atom stereocenters. The van der Waals surface area contributed by atoms with Gasteiger partial charge in [0.15, 0.2) is 0 Å². The average Bonchev–Trinajstić information content (AvgIpc) is 2.09. The Balaban J connectivity index is 3.23. The number of aromatic nitrogens is 1. The lowest BCUT2D eigenvalue weighted by atomic mass is 10.2. The van der Waals surface area contributed by atoms with Gasteiger partial charge in [0.1, 0.15) is 0 Å². The van der Waals surface area contributed by atoms with Gasteiger partial charge in [0.2, 0.25) is 0 Å². The normalized spacial score (nSPS) is 10.8. The average molecular weight is 188 g/mol. The molecule has 13 heavy (non-hydrogen) atoms. The maximum absolute atomic E-state index is 12.2. The minimum atomic E-state index is -2.67. The van der Waals surface area contributed by atoms with Crippen LogP contribution in [0.25, 0.3) is 0 Å². The lowest BCUT2D eigenvalue weighted by Crippen LogP contribution is -2.09. The number of alkyl halides is 2. The van der Waals surface area contributed by atoms with E-state index in [9.17, 15) is 8.78 Å². The van der Waals surface area contributed by atoms with Gasteiger partial charge in [-0.05, 0) is 0 Å². The summed E-state index contributed by atoms with van der Waals surface area (Å²) in [6.45, 7) is 0.0829. The quantitative estimate of drug-likeness (QED) is 0.635. The minimum Gasteiger partial charge on any atom is -0.397 e. The second kappa shape index (κ2) is 3.53. The van der Waals surface area contributed by atoms with E-state index < -0.39 is 6.43 Å². The van der Waals surface area contributed by atoms with E-state index in [4.69, 9.17) is 17.2 Å². The highest BCUT2D eigenvalue weighted by atomic mass is 19.3. The van der Waals surface area contributed by atoms with Crippen molar-refractivity contribution < 1.29 is 8.78 Å². The van der Waals surface area contributed by atoms with Crippen LogP contribution in [0.5, 0.6) is 0 Å². The van der Waals surface area contributed by atoms with Crippen molar-refractivity contribution in [2.24, 2.45) is 5.73 Å². The maximum atomic E-state index is 12.2. The smallest absolute Gasteiger partial charge is 0.267 e. The second-order valence-electron chi connectivity index (χ2n) is 2.49. The molecule has 4 nitrogen and oxygen atoms in total. The number of nitrogen functional groups attached to an aromatic ring is 2. The molecule has 1 aromatic heterocycles. The largest absolute Gasteiger partial charge is 0.397 e. The molecule has 0 fully saturated rings. The molecule has 1 rings (SSSR count). The van der Waals surface area contributed by atoms with Crippen LogP contribution in [0.15, 0.2) is 6.20 Å². The highest BCUT2D eigenvalue weighted by Gasteiger charge is 2.15. The van der Waals surface area contributed by atoms with Crippen molar-refractivity contribution >= 4 is 11.4 Å². The first-order valence-electron chi connectivity index (χ1n) is 3.58. The molecule has 0 spiro atoms. The van der Waals surface area contributed by atoms with E-state index in [1.807, 2.05) is 0 Å². The van der Waals surface area contributed by atoms with Gasteiger partial charge in [-0.1, -0.05) is 0 Å². The van der Waals surface area contributed by atoms with Crippen molar-refractivity contribution in [3.63, 3.8) is 0 Å². The van der Waals surface area contributed by atoms with Crippen molar-refractivity contribution in [1.82, 2.24) is 4.98 Å².